The second kappa shape index (κ2) is 5.64. The van der Waals surface area contributed by atoms with Crippen molar-refractivity contribution >= 4 is 15.9 Å². The molecule has 0 amide bonds. The van der Waals surface area contributed by atoms with Gasteiger partial charge in [0.25, 0.3) is 0 Å². The third kappa shape index (κ3) is 2.28. The summed E-state index contributed by atoms with van der Waals surface area (Å²) in [6.07, 6.45) is 4.05. The topological polar surface area (TPSA) is 50.9 Å². The Bertz CT molecular complexity index is 627. The lowest BCUT2D eigenvalue weighted by atomic mass is 9.89. The highest BCUT2D eigenvalue weighted by Gasteiger charge is 2.32. The molecule has 0 saturated carbocycles. The Morgan fingerprint density at radius 2 is 2.20 bits per heavy atom. The van der Waals surface area contributed by atoms with Crippen LogP contribution in [0.15, 0.2) is 41.0 Å². The number of nitrogens with two attached hydrogens (primary N) is 1. The molecule has 0 radical (unpaired) electrons. The van der Waals surface area contributed by atoms with Gasteiger partial charge in [-0.2, -0.15) is 0 Å². The van der Waals surface area contributed by atoms with Crippen molar-refractivity contribution in [3.8, 4) is 0 Å². The average Bonchev–Trinajstić information content (AvgIpc) is 2.88. The number of halogens is 1. The minimum atomic E-state index is 0.101. The van der Waals surface area contributed by atoms with E-state index in [0.717, 1.165) is 17.3 Å². The number of hydrogen-bond acceptors (Lipinski definition) is 3. The van der Waals surface area contributed by atoms with E-state index in [1.54, 1.807) is 0 Å². The van der Waals surface area contributed by atoms with E-state index in [1.807, 2.05) is 12.3 Å². The minimum absolute atomic E-state index is 0.101. The van der Waals surface area contributed by atoms with Gasteiger partial charge in [0.15, 0.2) is 0 Å². The summed E-state index contributed by atoms with van der Waals surface area (Å²) in [6.45, 7) is 2.12. The predicted octanol–water partition coefficient (Wildman–Crippen LogP) is 3.39. The average molecular weight is 332 g/mol. The zero-order valence-corrected chi connectivity index (χ0v) is 13.0. The van der Waals surface area contributed by atoms with Crippen LogP contribution in [0.2, 0.25) is 0 Å². The lowest BCUT2D eigenvalue weighted by molar-refractivity contribution is 0.445. The molecule has 1 aliphatic rings. The first-order valence-electron chi connectivity index (χ1n) is 6.87. The van der Waals surface area contributed by atoms with Crippen LogP contribution in [-0.2, 0) is 6.42 Å². The summed E-state index contributed by atoms with van der Waals surface area (Å²) in [5, 5.41) is 0. The van der Waals surface area contributed by atoms with Crippen LogP contribution in [0.5, 0.6) is 0 Å². The Morgan fingerprint density at radius 3 is 3.00 bits per heavy atom. The Morgan fingerprint density at radius 1 is 1.35 bits per heavy atom. The SMILES string of the molecule is Cc1c(Br)cccc1C(NN)C1CCc2cccnc21. The molecule has 3 rings (SSSR count). The van der Waals surface area contributed by atoms with Gasteiger partial charge < -0.3 is 0 Å². The summed E-state index contributed by atoms with van der Waals surface area (Å²) in [6, 6.07) is 10.5. The molecular formula is C16H18BrN3. The number of rotatable bonds is 3. The summed E-state index contributed by atoms with van der Waals surface area (Å²) in [4.78, 5) is 4.58. The van der Waals surface area contributed by atoms with Crippen LogP contribution in [0.3, 0.4) is 0 Å². The quantitative estimate of drug-likeness (QED) is 0.669. The summed E-state index contributed by atoms with van der Waals surface area (Å²) in [5.41, 5.74) is 8.03. The molecule has 0 bridgehead atoms. The monoisotopic (exact) mass is 331 g/mol. The smallest absolute Gasteiger partial charge is 0.0546 e. The van der Waals surface area contributed by atoms with Gasteiger partial charge in [-0.15, -0.1) is 0 Å². The molecule has 1 aromatic heterocycles. The van der Waals surface area contributed by atoms with Crippen LogP contribution in [0.25, 0.3) is 0 Å². The van der Waals surface area contributed by atoms with E-state index in [2.05, 4.69) is 57.5 Å². The maximum Gasteiger partial charge on any atom is 0.0546 e. The van der Waals surface area contributed by atoms with Crippen LogP contribution in [-0.4, -0.2) is 4.98 Å². The van der Waals surface area contributed by atoms with Gasteiger partial charge in [0, 0.05) is 22.3 Å². The van der Waals surface area contributed by atoms with Crippen LogP contribution in [0.1, 0.15) is 40.8 Å². The van der Waals surface area contributed by atoms with Gasteiger partial charge in [0.05, 0.1) is 6.04 Å². The largest absolute Gasteiger partial charge is 0.271 e. The van der Waals surface area contributed by atoms with E-state index >= 15 is 0 Å². The van der Waals surface area contributed by atoms with Crippen molar-refractivity contribution in [2.24, 2.45) is 5.84 Å². The number of benzene rings is 1. The Hall–Kier alpha value is -1.23. The number of aryl methyl sites for hydroxylation is 1. The van der Waals surface area contributed by atoms with E-state index in [-0.39, 0.29) is 6.04 Å². The highest BCUT2D eigenvalue weighted by molar-refractivity contribution is 9.10. The fourth-order valence-corrected chi connectivity index (χ4v) is 3.53. The van der Waals surface area contributed by atoms with Crippen LogP contribution in [0.4, 0.5) is 0 Å². The molecule has 2 atom stereocenters. The number of fused-ring (bicyclic) bond motifs is 1. The van der Waals surface area contributed by atoms with Gasteiger partial charge in [-0.05, 0) is 48.6 Å². The molecule has 2 aromatic rings. The normalized spacial score (nSPS) is 18.9. The highest BCUT2D eigenvalue weighted by Crippen LogP contribution is 2.41. The van der Waals surface area contributed by atoms with Gasteiger partial charge in [0.2, 0.25) is 0 Å². The van der Waals surface area contributed by atoms with E-state index in [4.69, 9.17) is 5.84 Å². The molecule has 2 unspecified atom stereocenters. The molecule has 0 spiro atoms. The zero-order chi connectivity index (χ0) is 14.1. The predicted molar refractivity (Wildman–Crippen MR) is 84.2 cm³/mol. The van der Waals surface area contributed by atoms with Gasteiger partial charge >= 0.3 is 0 Å². The Kier molecular flexibility index (Phi) is 3.87. The fourth-order valence-electron chi connectivity index (χ4n) is 3.15. The molecule has 3 N–H and O–H groups in total. The van der Waals surface area contributed by atoms with Crippen molar-refractivity contribution in [1.82, 2.24) is 10.4 Å². The summed E-state index contributed by atoms with van der Waals surface area (Å²) < 4.78 is 1.12. The first-order chi connectivity index (χ1) is 9.72. The molecule has 3 nitrogen and oxygen atoms in total. The van der Waals surface area contributed by atoms with Crippen LogP contribution < -0.4 is 11.3 Å². The molecule has 1 aliphatic carbocycles. The van der Waals surface area contributed by atoms with E-state index < -0.39 is 0 Å². The van der Waals surface area contributed by atoms with Crippen LogP contribution in [0, 0.1) is 6.92 Å². The number of hydrazine groups is 1. The number of pyridine rings is 1. The molecule has 1 aromatic carbocycles. The van der Waals surface area contributed by atoms with E-state index in [1.165, 1.54) is 22.4 Å². The fraction of sp³-hybridized carbons (Fsp3) is 0.312. The molecule has 0 aliphatic heterocycles. The van der Waals surface area contributed by atoms with Crippen molar-refractivity contribution in [1.29, 1.82) is 0 Å². The zero-order valence-electron chi connectivity index (χ0n) is 11.4. The molecule has 20 heavy (non-hydrogen) atoms. The maximum absolute atomic E-state index is 5.87. The van der Waals surface area contributed by atoms with Crippen molar-refractivity contribution < 1.29 is 0 Å². The maximum atomic E-state index is 5.87. The summed E-state index contributed by atoms with van der Waals surface area (Å²) in [7, 11) is 0. The first-order valence-corrected chi connectivity index (χ1v) is 7.66. The lowest BCUT2D eigenvalue weighted by Crippen LogP contribution is -2.32. The summed E-state index contributed by atoms with van der Waals surface area (Å²) >= 11 is 3.60. The molecule has 0 fully saturated rings. The van der Waals surface area contributed by atoms with Crippen molar-refractivity contribution in [2.75, 3.05) is 0 Å². The summed E-state index contributed by atoms with van der Waals surface area (Å²) in [5.74, 6) is 6.20. The molecule has 0 saturated heterocycles. The van der Waals surface area contributed by atoms with Gasteiger partial charge in [-0.3, -0.25) is 16.3 Å². The van der Waals surface area contributed by atoms with Crippen molar-refractivity contribution in [2.45, 2.75) is 31.7 Å². The molecule has 104 valence electrons. The number of hydrogen-bond donors (Lipinski definition) is 2. The minimum Gasteiger partial charge on any atom is -0.271 e. The van der Waals surface area contributed by atoms with Crippen molar-refractivity contribution in [3.05, 3.63) is 63.4 Å². The highest BCUT2D eigenvalue weighted by atomic mass is 79.9. The van der Waals surface area contributed by atoms with E-state index in [9.17, 15) is 0 Å². The number of nitrogens with zero attached hydrogens (tertiary/aromatic N) is 1. The van der Waals surface area contributed by atoms with Crippen molar-refractivity contribution in [3.63, 3.8) is 0 Å². The number of aromatic nitrogens is 1. The third-order valence-electron chi connectivity index (χ3n) is 4.23. The van der Waals surface area contributed by atoms with Crippen LogP contribution >= 0.6 is 15.9 Å². The second-order valence-electron chi connectivity index (χ2n) is 5.29. The van der Waals surface area contributed by atoms with Gasteiger partial charge in [-0.25, -0.2) is 0 Å². The Labute approximate surface area is 127 Å². The van der Waals surface area contributed by atoms with E-state index in [0.29, 0.717) is 5.92 Å². The molecule has 1 heterocycles. The van der Waals surface area contributed by atoms with Gasteiger partial charge in [0.1, 0.15) is 0 Å². The first kappa shape index (κ1) is 13.7. The number of nitrogens with one attached hydrogen (secondary N) is 1. The Balaban J connectivity index is 2.02. The third-order valence-corrected chi connectivity index (χ3v) is 5.09. The molecule has 4 heteroatoms. The lowest BCUT2D eigenvalue weighted by Gasteiger charge is -2.25. The standard InChI is InChI=1S/C16H18BrN3/c1-10-12(5-2-6-14(10)17)16(20-18)13-8-7-11-4-3-9-19-15(11)13/h2-6,9,13,16,20H,7-8,18H2,1H3. The second-order valence-corrected chi connectivity index (χ2v) is 6.15. The molecular weight excluding hydrogens is 314 g/mol. The van der Waals surface area contributed by atoms with Gasteiger partial charge in [-0.1, -0.05) is 34.1 Å².